The van der Waals surface area contributed by atoms with E-state index in [9.17, 15) is 9.59 Å². The fourth-order valence-corrected chi connectivity index (χ4v) is 4.31. The summed E-state index contributed by atoms with van der Waals surface area (Å²) < 4.78 is 7.62. The fourth-order valence-electron chi connectivity index (χ4n) is 4.31. The number of nitrogens with zero attached hydrogens (tertiary/aromatic N) is 3. The molecule has 38 heavy (non-hydrogen) atoms. The van der Waals surface area contributed by atoms with E-state index in [1.165, 1.54) is 0 Å². The van der Waals surface area contributed by atoms with Gasteiger partial charge in [0.2, 0.25) is 17.8 Å². The Morgan fingerprint density at radius 2 is 1.76 bits per heavy atom. The van der Waals surface area contributed by atoms with Gasteiger partial charge in [-0.3, -0.25) is 14.8 Å². The highest BCUT2D eigenvalue weighted by Gasteiger charge is 2.12. The third-order valence-corrected chi connectivity index (χ3v) is 6.24. The quantitative estimate of drug-likeness (QED) is 0.116. The van der Waals surface area contributed by atoms with Crippen LogP contribution in [0.1, 0.15) is 38.5 Å². The third kappa shape index (κ3) is 6.65. The zero-order chi connectivity index (χ0) is 26.9. The molecule has 4 N–H and O–H groups in total. The molecule has 0 aliphatic heterocycles. The van der Waals surface area contributed by atoms with Crippen molar-refractivity contribution in [2.75, 3.05) is 17.7 Å². The van der Waals surface area contributed by atoms with E-state index in [0.717, 1.165) is 35.0 Å². The molecule has 0 bridgehead atoms. The van der Waals surface area contributed by atoms with Gasteiger partial charge in [0, 0.05) is 60.5 Å². The van der Waals surface area contributed by atoms with E-state index < -0.39 is 5.91 Å². The second-order valence-electron chi connectivity index (χ2n) is 8.97. The Morgan fingerprint density at radius 3 is 2.53 bits per heavy atom. The summed E-state index contributed by atoms with van der Waals surface area (Å²) in [7, 11) is 3.58. The molecule has 2 heterocycles. The molecule has 4 rings (SSSR count). The number of carbonyl (C=O) groups is 2. The first kappa shape index (κ1) is 26.6. The van der Waals surface area contributed by atoms with E-state index >= 15 is 0 Å². The molecule has 0 spiro atoms. The monoisotopic (exact) mass is 516 g/mol. The Hall–Kier alpha value is -4.44. The Labute approximate surface area is 221 Å². The maximum atomic E-state index is 12.4. The number of hydrogen-bond acceptors (Lipinski definition) is 7. The number of rotatable bonds is 12. The molecule has 0 unspecified atom stereocenters. The highest BCUT2D eigenvalue weighted by molar-refractivity contribution is 5.95. The lowest BCUT2D eigenvalue weighted by Gasteiger charge is -2.13. The minimum absolute atomic E-state index is 0.0908. The number of amides is 2. The Balaban J connectivity index is 1.37. The molecule has 0 fully saturated rings. The van der Waals surface area contributed by atoms with Crippen LogP contribution in [-0.2, 0) is 16.6 Å². The Morgan fingerprint density at radius 1 is 1.00 bits per heavy atom. The maximum absolute atomic E-state index is 12.4. The van der Waals surface area contributed by atoms with Crippen LogP contribution in [0.4, 0.5) is 17.3 Å². The summed E-state index contributed by atoms with van der Waals surface area (Å²) in [5, 5.41) is 15.7. The number of fused-ring (bicyclic) bond motifs is 1. The minimum atomic E-state index is -0.390. The number of hydrogen-bond donors (Lipinski definition) is 4. The number of anilines is 3. The lowest BCUT2D eigenvalue weighted by atomic mass is 10.1. The second kappa shape index (κ2) is 12.7. The molecule has 2 amide bonds. The molecule has 0 atom stereocenters. The molecule has 0 saturated heterocycles. The fraction of sp³-hybridized carbons (Fsp3) is 0.286. The average molecular weight is 517 g/mol. The van der Waals surface area contributed by atoms with E-state index in [0.29, 0.717) is 42.3 Å². The van der Waals surface area contributed by atoms with Crippen molar-refractivity contribution in [3.63, 3.8) is 0 Å². The van der Waals surface area contributed by atoms with Crippen LogP contribution in [-0.4, -0.2) is 38.7 Å². The van der Waals surface area contributed by atoms with Crippen molar-refractivity contribution >= 4 is 40.0 Å². The van der Waals surface area contributed by atoms with Gasteiger partial charge in [-0.15, -0.1) is 0 Å². The van der Waals surface area contributed by atoms with Gasteiger partial charge in [-0.1, -0.05) is 31.0 Å². The summed E-state index contributed by atoms with van der Waals surface area (Å²) in [6.45, 7) is 0. The Bertz CT molecular complexity index is 1420. The van der Waals surface area contributed by atoms with Gasteiger partial charge in [-0.2, -0.15) is 0 Å². The highest BCUT2D eigenvalue weighted by atomic mass is 16.5. The largest absolute Gasteiger partial charge is 0.494 e. The van der Waals surface area contributed by atoms with E-state index in [4.69, 9.17) is 14.9 Å². The molecular formula is C28H32N6O4. The molecular weight excluding hydrogens is 484 g/mol. The lowest BCUT2D eigenvalue weighted by molar-refractivity contribution is -0.129. The molecule has 0 aliphatic carbocycles. The SMILES string of the molecule is COc1cc(NC(=O)CCCCCCC(=O)NO)ccc1Nc1nccc(-c2cn(C)c3ccccc23)n1. The van der Waals surface area contributed by atoms with Crippen molar-refractivity contribution in [3.8, 4) is 17.0 Å². The number of unbranched alkanes of at least 4 members (excludes halogenated alkanes) is 3. The van der Waals surface area contributed by atoms with Crippen LogP contribution >= 0.6 is 0 Å². The highest BCUT2D eigenvalue weighted by Crippen LogP contribution is 2.32. The van der Waals surface area contributed by atoms with Crippen LogP contribution in [0, 0.1) is 0 Å². The van der Waals surface area contributed by atoms with Crippen molar-refractivity contribution in [2.45, 2.75) is 38.5 Å². The van der Waals surface area contributed by atoms with Crippen LogP contribution in [0.3, 0.4) is 0 Å². The van der Waals surface area contributed by atoms with Crippen molar-refractivity contribution < 1.29 is 19.5 Å². The first-order valence-corrected chi connectivity index (χ1v) is 12.5. The van der Waals surface area contributed by atoms with Crippen molar-refractivity contribution in [3.05, 3.63) is 60.9 Å². The van der Waals surface area contributed by atoms with Gasteiger partial charge in [0.1, 0.15) is 5.75 Å². The molecule has 0 aliphatic rings. The van der Waals surface area contributed by atoms with Crippen LogP contribution in [0.15, 0.2) is 60.9 Å². The standard InChI is InChI=1S/C28H32N6O4/c1-34-18-21(20-9-7-8-10-24(20)34)22-15-16-29-28(31-22)32-23-14-13-19(17-25(23)38-2)30-26(35)11-5-3-4-6-12-27(36)33-37/h7-10,13-18,37H,3-6,11-12H2,1-2H3,(H,30,35)(H,33,36)(H,29,31,32). The number of para-hydroxylation sites is 1. The number of hydroxylamine groups is 1. The van der Waals surface area contributed by atoms with E-state index in [1.807, 2.05) is 31.3 Å². The average Bonchev–Trinajstić information content (AvgIpc) is 3.28. The van der Waals surface area contributed by atoms with Gasteiger partial charge < -0.3 is 19.9 Å². The van der Waals surface area contributed by atoms with Gasteiger partial charge in [-0.25, -0.2) is 15.4 Å². The molecule has 10 nitrogen and oxygen atoms in total. The van der Waals surface area contributed by atoms with Crippen LogP contribution in [0.5, 0.6) is 5.75 Å². The van der Waals surface area contributed by atoms with Crippen molar-refractivity contribution in [1.29, 1.82) is 0 Å². The summed E-state index contributed by atoms with van der Waals surface area (Å²) in [6, 6.07) is 15.4. The molecule has 198 valence electrons. The summed E-state index contributed by atoms with van der Waals surface area (Å²) in [5.41, 5.74) is 5.87. The van der Waals surface area contributed by atoms with Gasteiger partial charge in [0.15, 0.2) is 0 Å². The normalized spacial score (nSPS) is 10.8. The van der Waals surface area contributed by atoms with E-state index in [1.54, 1.807) is 30.9 Å². The summed E-state index contributed by atoms with van der Waals surface area (Å²) >= 11 is 0. The van der Waals surface area contributed by atoms with Crippen LogP contribution in [0.2, 0.25) is 0 Å². The van der Waals surface area contributed by atoms with Gasteiger partial charge in [-0.05, 0) is 37.1 Å². The van der Waals surface area contributed by atoms with Crippen molar-refractivity contribution in [2.24, 2.45) is 7.05 Å². The number of aromatic nitrogens is 3. The number of benzene rings is 2. The number of carbonyl (C=O) groups excluding carboxylic acids is 2. The second-order valence-corrected chi connectivity index (χ2v) is 8.97. The first-order valence-electron chi connectivity index (χ1n) is 12.5. The summed E-state index contributed by atoms with van der Waals surface area (Å²) in [4.78, 5) is 32.5. The van der Waals surface area contributed by atoms with Crippen LogP contribution < -0.4 is 20.9 Å². The van der Waals surface area contributed by atoms with Crippen molar-refractivity contribution in [1.82, 2.24) is 20.0 Å². The van der Waals surface area contributed by atoms with Crippen LogP contribution in [0.25, 0.3) is 22.2 Å². The summed E-state index contributed by atoms with van der Waals surface area (Å²) in [5.74, 6) is 0.497. The zero-order valence-corrected chi connectivity index (χ0v) is 21.5. The predicted molar refractivity (Wildman–Crippen MR) is 146 cm³/mol. The smallest absolute Gasteiger partial charge is 0.243 e. The first-order chi connectivity index (χ1) is 18.5. The number of nitrogens with one attached hydrogen (secondary N) is 3. The Kier molecular flexibility index (Phi) is 8.89. The van der Waals surface area contributed by atoms with E-state index in [2.05, 4.69) is 38.5 Å². The number of ether oxygens (including phenoxy) is 1. The molecule has 2 aromatic heterocycles. The lowest BCUT2D eigenvalue weighted by Crippen LogP contribution is -2.17. The zero-order valence-electron chi connectivity index (χ0n) is 21.5. The number of methoxy groups -OCH3 is 1. The molecule has 2 aromatic carbocycles. The third-order valence-electron chi connectivity index (χ3n) is 6.24. The maximum Gasteiger partial charge on any atom is 0.243 e. The van der Waals surface area contributed by atoms with Gasteiger partial charge in [0.25, 0.3) is 0 Å². The van der Waals surface area contributed by atoms with Gasteiger partial charge >= 0.3 is 0 Å². The van der Waals surface area contributed by atoms with E-state index in [-0.39, 0.29) is 12.3 Å². The minimum Gasteiger partial charge on any atom is -0.494 e. The van der Waals surface area contributed by atoms with Gasteiger partial charge in [0.05, 0.1) is 18.5 Å². The molecule has 4 aromatic rings. The molecule has 10 heteroatoms. The molecule has 0 radical (unpaired) electrons. The predicted octanol–water partition coefficient (Wildman–Crippen LogP) is 5.17. The summed E-state index contributed by atoms with van der Waals surface area (Å²) in [6.07, 6.45) is 7.47. The topological polar surface area (TPSA) is 130 Å². The number of aryl methyl sites for hydroxylation is 1. The molecule has 0 saturated carbocycles.